The Morgan fingerprint density at radius 3 is 2.81 bits per heavy atom. The van der Waals surface area contributed by atoms with Gasteiger partial charge in [0.15, 0.2) is 0 Å². The van der Waals surface area contributed by atoms with Crippen LogP contribution in [0.1, 0.15) is 38.7 Å². The second-order valence-electron chi connectivity index (χ2n) is 5.74. The number of ether oxygens (including phenoxy) is 1. The van der Waals surface area contributed by atoms with Crippen molar-refractivity contribution in [1.29, 1.82) is 0 Å². The number of nitrogens with one attached hydrogen (secondary N) is 1. The van der Waals surface area contributed by atoms with Crippen LogP contribution < -0.4 is 10.2 Å². The molecule has 21 heavy (non-hydrogen) atoms. The van der Waals surface area contributed by atoms with Gasteiger partial charge in [0.2, 0.25) is 0 Å². The van der Waals surface area contributed by atoms with Crippen molar-refractivity contribution in [3.8, 4) is 0 Å². The molecule has 1 aromatic rings. The first kappa shape index (κ1) is 16.0. The van der Waals surface area contributed by atoms with Crippen molar-refractivity contribution in [2.75, 3.05) is 43.6 Å². The highest BCUT2D eigenvalue weighted by Crippen LogP contribution is 2.28. The smallest absolute Gasteiger partial charge is 0.137 e. The first-order valence-electron chi connectivity index (χ1n) is 8.12. The van der Waals surface area contributed by atoms with E-state index >= 15 is 0 Å². The van der Waals surface area contributed by atoms with Crippen molar-refractivity contribution in [3.63, 3.8) is 0 Å². The number of rotatable bonds is 10. The standard InChI is InChI=1S/C16H28N4O/c1-4-8-17-15-14(5-2)16(19-12-18-15)20(3)9-10-21-11-13-6-7-13/h12-13H,4-11H2,1-3H3,(H,17,18,19). The molecule has 0 bridgehead atoms. The zero-order valence-electron chi connectivity index (χ0n) is 13.6. The van der Waals surface area contributed by atoms with Crippen LogP contribution in [0.2, 0.25) is 0 Å². The minimum Gasteiger partial charge on any atom is -0.379 e. The molecule has 0 atom stereocenters. The fourth-order valence-corrected chi connectivity index (χ4v) is 2.30. The van der Waals surface area contributed by atoms with E-state index in [4.69, 9.17) is 4.74 Å². The Morgan fingerprint density at radius 1 is 1.33 bits per heavy atom. The fourth-order valence-electron chi connectivity index (χ4n) is 2.30. The summed E-state index contributed by atoms with van der Waals surface area (Å²) in [6.07, 6.45) is 6.35. The number of aromatic nitrogens is 2. The molecule has 1 heterocycles. The van der Waals surface area contributed by atoms with Crippen LogP contribution in [0, 0.1) is 5.92 Å². The van der Waals surface area contributed by atoms with Gasteiger partial charge in [-0.25, -0.2) is 9.97 Å². The van der Waals surface area contributed by atoms with E-state index in [1.807, 2.05) is 0 Å². The summed E-state index contributed by atoms with van der Waals surface area (Å²) in [7, 11) is 2.07. The van der Waals surface area contributed by atoms with E-state index in [9.17, 15) is 0 Å². The zero-order valence-corrected chi connectivity index (χ0v) is 13.6. The maximum atomic E-state index is 5.72. The van der Waals surface area contributed by atoms with Crippen molar-refractivity contribution in [2.24, 2.45) is 5.92 Å². The van der Waals surface area contributed by atoms with E-state index in [0.29, 0.717) is 0 Å². The highest BCUT2D eigenvalue weighted by molar-refractivity contribution is 5.58. The summed E-state index contributed by atoms with van der Waals surface area (Å²) >= 11 is 0. The topological polar surface area (TPSA) is 50.3 Å². The largest absolute Gasteiger partial charge is 0.379 e. The molecule has 0 saturated heterocycles. The minimum absolute atomic E-state index is 0.762. The van der Waals surface area contributed by atoms with Crippen LogP contribution in [-0.2, 0) is 11.2 Å². The third-order valence-electron chi connectivity index (χ3n) is 3.80. The van der Waals surface area contributed by atoms with Crippen LogP contribution in [0.4, 0.5) is 11.6 Å². The minimum atomic E-state index is 0.762. The summed E-state index contributed by atoms with van der Waals surface area (Å²) in [6, 6.07) is 0. The lowest BCUT2D eigenvalue weighted by Gasteiger charge is -2.22. The molecule has 1 fully saturated rings. The van der Waals surface area contributed by atoms with Gasteiger partial charge in [-0.05, 0) is 31.6 Å². The molecule has 0 spiro atoms. The van der Waals surface area contributed by atoms with Gasteiger partial charge in [-0.3, -0.25) is 0 Å². The first-order valence-corrected chi connectivity index (χ1v) is 8.12. The summed E-state index contributed by atoms with van der Waals surface area (Å²) < 4.78 is 5.72. The van der Waals surface area contributed by atoms with E-state index in [1.54, 1.807) is 6.33 Å². The van der Waals surface area contributed by atoms with Gasteiger partial charge in [-0.1, -0.05) is 13.8 Å². The van der Waals surface area contributed by atoms with Crippen LogP contribution in [-0.4, -0.2) is 43.3 Å². The number of anilines is 2. The molecule has 1 aliphatic carbocycles. The van der Waals surface area contributed by atoms with Gasteiger partial charge < -0.3 is 15.0 Å². The lowest BCUT2D eigenvalue weighted by molar-refractivity contribution is 0.130. The average molecular weight is 292 g/mol. The van der Waals surface area contributed by atoms with Gasteiger partial charge >= 0.3 is 0 Å². The highest BCUT2D eigenvalue weighted by atomic mass is 16.5. The number of nitrogens with zero attached hydrogens (tertiary/aromatic N) is 3. The Bertz CT molecular complexity index is 434. The molecular formula is C16H28N4O. The summed E-state index contributed by atoms with van der Waals surface area (Å²) in [5, 5.41) is 3.39. The Labute approximate surface area is 128 Å². The van der Waals surface area contributed by atoms with Crippen molar-refractivity contribution in [3.05, 3.63) is 11.9 Å². The highest BCUT2D eigenvalue weighted by Gasteiger charge is 2.21. The molecule has 1 saturated carbocycles. The van der Waals surface area contributed by atoms with Gasteiger partial charge in [-0.2, -0.15) is 0 Å². The van der Waals surface area contributed by atoms with Crippen molar-refractivity contribution < 1.29 is 4.74 Å². The van der Waals surface area contributed by atoms with E-state index in [1.165, 1.54) is 18.4 Å². The lowest BCUT2D eigenvalue weighted by atomic mass is 10.2. The van der Waals surface area contributed by atoms with Crippen molar-refractivity contribution in [1.82, 2.24) is 9.97 Å². The van der Waals surface area contributed by atoms with Crippen molar-refractivity contribution in [2.45, 2.75) is 39.5 Å². The third-order valence-corrected chi connectivity index (χ3v) is 3.80. The second kappa shape index (κ2) is 8.17. The molecule has 118 valence electrons. The molecule has 5 nitrogen and oxygen atoms in total. The molecule has 1 aliphatic rings. The molecule has 0 aromatic carbocycles. The molecular weight excluding hydrogens is 264 g/mol. The normalized spacial score (nSPS) is 14.2. The van der Waals surface area contributed by atoms with E-state index in [-0.39, 0.29) is 0 Å². The fraction of sp³-hybridized carbons (Fsp3) is 0.750. The number of hydrogen-bond acceptors (Lipinski definition) is 5. The quantitative estimate of drug-likeness (QED) is 0.672. The van der Waals surface area contributed by atoms with Gasteiger partial charge in [-0.15, -0.1) is 0 Å². The molecule has 0 aliphatic heterocycles. The predicted molar refractivity (Wildman–Crippen MR) is 87.0 cm³/mol. The molecule has 5 heteroatoms. The monoisotopic (exact) mass is 292 g/mol. The lowest BCUT2D eigenvalue weighted by Crippen LogP contribution is -2.25. The molecule has 0 amide bonds. The number of likely N-dealkylation sites (N-methyl/N-ethyl adjacent to an activating group) is 1. The summed E-state index contributed by atoms with van der Waals surface area (Å²) in [6.45, 7) is 7.79. The van der Waals surface area contributed by atoms with Crippen molar-refractivity contribution >= 4 is 11.6 Å². The second-order valence-corrected chi connectivity index (χ2v) is 5.74. The Hall–Kier alpha value is -1.36. The molecule has 1 N–H and O–H groups in total. The Kier molecular flexibility index (Phi) is 6.23. The molecule has 0 radical (unpaired) electrons. The van der Waals surface area contributed by atoms with Crippen LogP contribution >= 0.6 is 0 Å². The van der Waals surface area contributed by atoms with Crippen LogP contribution in [0.5, 0.6) is 0 Å². The van der Waals surface area contributed by atoms with E-state index in [0.717, 1.165) is 56.7 Å². The summed E-state index contributed by atoms with van der Waals surface area (Å²) in [5.41, 5.74) is 1.19. The van der Waals surface area contributed by atoms with Gasteiger partial charge in [0.05, 0.1) is 6.61 Å². The SMILES string of the molecule is CCCNc1ncnc(N(C)CCOCC2CC2)c1CC. The maximum Gasteiger partial charge on any atom is 0.137 e. The molecule has 0 unspecified atom stereocenters. The third kappa shape index (κ3) is 4.84. The maximum absolute atomic E-state index is 5.72. The summed E-state index contributed by atoms with van der Waals surface area (Å²) in [5.74, 6) is 2.81. The predicted octanol–water partition coefficient (Wildman–Crippen LogP) is 2.72. The van der Waals surface area contributed by atoms with Crippen LogP contribution in [0.25, 0.3) is 0 Å². The van der Waals surface area contributed by atoms with Gasteiger partial charge in [0.1, 0.15) is 18.0 Å². The van der Waals surface area contributed by atoms with Gasteiger partial charge in [0, 0.05) is 32.3 Å². The average Bonchev–Trinajstić information content (AvgIpc) is 3.33. The van der Waals surface area contributed by atoms with E-state index < -0.39 is 0 Å². The zero-order chi connectivity index (χ0) is 15.1. The molecule has 1 aromatic heterocycles. The van der Waals surface area contributed by atoms with E-state index in [2.05, 4.69) is 41.1 Å². The Morgan fingerprint density at radius 2 is 2.14 bits per heavy atom. The number of hydrogen-bond donors (Lipinski definition) is 1. The Balaban J connectivity index is 1.92. The van der Waals surface area contributed by atoms with Gasteiger partial charge in [0.25, 0.3) is 0 Å². The van der Waals surface area contributed by atoms with Crippen LogP contribution in [0.3, 0.4) is 0 Å². The molecule has 2 rings (SSSR count). The first-order chi connectivity index (χ1) is 10.3. The summed E-state index contributed by atoms with van der Waals surface area (Å²) in [4.78, 5) is 11.0. The van der Waals surface area contributed by atoms with Crippen LogP contribution in [0.15, 0.2) is 6.33 Å².